The third-order valence-electron chi connectivity index (χ3n) is 2.13. The lowest BCUT2D eigenvalue weighted by atomic mass is 10.1. The van der Waals surface area contributed by atoms with Gasteiger partial charge in [-0.15, -0.1) is 5.10 Å². The molecule has 2 aromatic heterocycles. The fourth-order valence-electron chi connectivity index (χ4n) is 1.33. The van der Waals surface area contributed by atoms with Crippen molar-refractivity contribution < 1.29 is 0 Å². The van der Waals surface area contributed by atoms with Crippen LogP contribution in [0.2, 0.25) is 0 Å². The second-order valence-corrected chi connectivity index (χ2v) is 3.06. The van der Waals surface area contributed by atoms with Crippen LogP contribution in [0.1, 0.15) is 25.1 Å². The predicted octanol–water partition coefficient (Wildman–Crippen LogP) is 1.75. The van der Waals surface area contributed by atoms with E-state index in [9.17, 15) is 0 Å². The van der Waals surface area contributed by atoms with E-state index in [1.54, 1.807) is 4.52 Å². The van der Waals surface area contributed by atoms with E-state index in [4.69, 9.17) is 5.26 Å². The highest BCUT2D eigenvalue weighted by Gasteiger charge is 2.13. The molecule has 2 rings (SSSR count). The summed E-state index contributed by atoms with van der Waals surface area (Å²) in [6, 6.07) is 7.86. The monoisotopic (exact) mass is 186 g/mol. The van der Waals surface area contributed by atoms with Crippen molar-refractivity contribution in [2.45, 2.75) is 19.3 Å². The number of hydrogen-bond donors (Lipinski definition) is 0. The van der Waals surface area contributed by atoms with Crippen LogP contribution in [0.3, 0.4) is 0 Å². The van der Waals surface area contributed by atoms with Gasteiger partial charge < -0.3 is 0 Å². The molecule has 2 heterocycles. The summed E-state index contributed by atoms with van der Waals surface area (Å²) >= 11 is 0. The molecule has 14 heavy (non-hydrogen) atoms. The maximum Gasteiger partial charge on any atom is 0.168 e. The number of fused-ring (bicyclic) bond motifs is 1. The average molecular weight is 186 g/mol. The van der Waals surface area contributed by atoms with Crippen LogP contribution in [0, 0.1) is 11.3 Å². The Morgan fingerprint density at radius 3 is 3.07 bits per heavy atom. The number of aromatic nitrogens is 3. The lowest BCUT2D eigenvalue weighted by Gasteiger charge is -1.96. The third-order valence-corrected chi connectivity index (χ3v) is 2.13. The maximum absolute atomic E-state index is 8.87. The summed E-state index contributed by atoms with van der Waals surface area (Å²) in [5.74, 6) is 0.413. The molecular weight excluding hydrogens is 176 g/mol. The normalized spacial score (nSPS) is 12.6. The van der Waals surface area contributed by atoms with Crippen LogP contribution < -0.4 is 0 Å². The molecular formula is C10H10N4. The van der Waals surface area contributed by atoms with Crippen LogP contribution in [-0.4, -0.2) is 14.6 Å². The number of rotatable bonds is 2. The molecule has 4 heteroatoms. The van der Waals surface area contributed by atoms with Crippen molar-refractivity contribution >= 4 is 5.65 Å². The van der Waals surface area contributed by atoms with Crippen LogP contribution in [0.5, 0.6) is 0 Å². The second-order valence-electron chi connectivity index (χ2n) is 3.06. The molecule has 1 atom stereocenters. The fourth-order valence-corrected chi connectivity index (χ4v) is 1.33. The summed E-state index contributed by atoms with van der Waals surface area (Å²) in [6.45, 7) is 1.96. The maximum atomic E-state index is 8.87. The molecule has 0 bridgehead atoms. The molecule has 0 aliphatic heterocycles. The van der Waals surface area contributed by atoms with E-state index in [2.05, 4.69) is 16.2 Å². The van der Waals surface area contributed by atoms with E-state index in [1.807, 2.05) is 31.3 Å². The second kappa shape index (κ2) is 3.46. The summed E-state index contributed by atoms with van der Waals surface area (Å²) in [5.41, 5.74) is 0.788. The predicted molar refractivity (Wildman–Crippen MR) is 51.6 cm³/mol. The fraction of sp³-hybridized carbons (Fsp3) is 0.300. The van der Waals surface area contributed by atoms with Crippen molar-refractivity contribution in [3.05, 3.63) is 30.2 Å². The Hall–Kier alpha value is -1.89. The lowest BCUT2D eigenvalue weighted by molar-refractivity contribution is 0.745. The summed E-state index contributed by atoms with van der Waals surface area (Å²) in [5, 5.41) is 13.1. The van der Waals surface area contributed by atoms with Gasteiger partial charge in [-0.05, 0) is 18.6 Å². The minimum absolute atomic E-state index is 0.199. The molecule has 0 aliphatic carbocycles. The van der Waals surface area contributed by atoms with Crippen LogP contribution in [-0.2, 0) is 0 Å². The highest BCUT2D eigenvalue weighted by atomic mass is 15.3. The van der Waals surface area contributed by atoms with Gasteiger partial charge in [0.25, 0.3) is 0 Å². The number of pyridine rings is 1. The van der Waals surface area contributed by atoms with Gasteiger partial charge in [-0.1, -0.05) is 13.0 Å². The smallest absolute Gasteiger partial charge is 0.168 e. The molecule has 0 aromatic carbocycles. The summed E-state index contributed by atoms with van der Waals surface area (Å²) in [4.78, 5) is 4.28. The zero-order chi connectivity index (χ0) is 9.97. The van der Waals surface area contributed by atoms with Crippen LogP contribution in [0.25, 0.3) is 5.65 Å². The van der Waals surface area contributed by atoms with E-state index in [1.165, 1.54) is 0 Å². The van der Waals surface area contributed by atoms with Crippen molar-refractivity contribution in [3.63, 3.8) is 0 Å². The molecule has 0 N–H and O–H groups in total. The molecule has 0 saturated heterocycles. The van der Waals surface area contributed by atoms with Crippen molar-refractivity contribution in [3.8, 4) is 6.07 Å². The standard InChI is InChI=1S/C10H10N4/c1-2-8(7-11)10-12-9-5-3-4-6-14(9)13-10/h3-6,8H,2H2,1H3. The molecule has 0 spiro atoms. The van der Waals surface area contributed by atoms with Gasteiger partial charge in [-0.2, -0.15) is 5.26 Å². The first-order valence-electron chi connectivity index (χ1n) is 4.56. The number of hydrogen-bond acceptors (Lipinski definition) is 3. The first-order chi connectivity index (χ1) is 6.85. The van der Waals surface area contributed by atoms with E-state index in [0.717, 1.165) is 12.1 Å². The van der Waals surface area contributed by atoms with Crippen LogP contribution >= 0.6 is 0 Å². The first kappa shape index (κ1) is 8.70. The van der Waals surface area contributed by atoms with Crippen molar-refractivity contribution in [2.24, 2.45) is 0 Å². The minimum atomic E-state index is -0.199. The van der Waals surface area contributed by atoms with Crippen molar-refractivity contribution in [1.29, 1.82) is 5.26 Å². The zero-order valence-corrected chi connectivity index (χ0v) is 7.88. The zero-order valence-electron chi connectivity index (χ0n) is 7.88. The van der Waals surface area contributed by atoms with Gasteiger partial charge in [-0.25, -0.2) is 9.50 Å². The molecule has 4 nitrogen and oxygen atoms in total. The summed E-state index contributed by atoms with van der Waals surface area (Å²) < 4.78 is 1.69. The van der Waals surface area contributed by atoms with Gasteiger partial charge in [-0.3, -0.25) is 0 Å². The van der Waals surface area contributed by atoms with Gasteiger partial charge in [0.05, 0.1) is 6.07 Å². The molecule has 0 fully saturated rings. The number of nitrogens with zero attached hydrogens (tertiary/aromatic N) is 4. The topological polar surface area (TPSA) is 54.0 Å². The van der Waals surface area contributed by atoms with Crippen LogP contribution in [0.15, 0.2) is 24.4 Å². The summed E-state index contributed by atoms with van der Waals surface area (Å²) in [6.07, 6.45) is 2.57. The van der Waals surface area contributed by atoms with Gasteiger partial charge in [0, 0.05) is 6.20 Å². The van der Waals surface area contributed by atoms with Crippen molar-refractivity contribution in [2.75, 3.05) is 0 Å². The molecule has 1 unspecified atom stereocenters. The Morgan fingerprint density at radius 1 is 1.57 bits per heavy atom. The molecule has 2 aromatic rings. The van der Waals surface area contributed by atoms with Crippen LogP contribution in [0.4, 0.5) is 0 Å². The molecule has 0 aliphatic rings. The Kier molecular flexibility index (Phi) is 2.15. The van der Waals surface area contributed by atoms with Crippen molar-refractivity contribution in [1.82, 2.24) is 14.6 Å². The molecule has 0 radical (unpaired) electrons. The van der Waals surface area contributed by atoms with E-state index in [-0.39, 0.29) is 5.92 Å². The highest BCUT2D eigenvalue weighted by Crippen LogP contribution is 2.14. The van der Waals surface area contributed by atoms with Gasteiger partial charge in [0.1, 0.15) is 5.92 Å². The van der Waals surface area contributed by atoms with E-state index >= 15 is 0 Å². The molecule has 0 saturated carbocycles. The Labute approximate surface area is 81.8 Å². The minimum Gasteiger partial charge on any atom is -0.221 e. The number of nitriles is 1. The lowest BCUT2D eigenvalue weighted by Crippen LogP contribution is -1.96. The Morgan fingerprint density at radius 2 is 2.43 bits per heavy atom. The highest BCUT2D eigenvalue weighted by molar-refractivity contribution is 5.37. The van der Waals surface area contributed by atoms with Gasteiger partial charge in [0.15, 0.2) is 11.5 Å². The van der Waals surface area contributed by atoms with E-state index < -0.39 is 0 Å². The largest absolute Gasteiger partial charge is 0.221 e. The summed E-state index contributed by atoms with van der Waals surface area (Å²) in [7, 11) is 0. The Bertz CT molecular complexity index is 447. The quantitative estimate of drug-likeness (QED) is 0.717. The average Bonchev–Trinajstić information content (AvgIpc) is 2.63. The van der Waals surface area contributed by atoms with Gasteiger partial charge in [0.2, 0.25) is 0 Å². The van der Waals surface area contributed by atoms with E-state index in [0.29, 0.717) is 5.82 Å². The molecule has 0 amide bonds. The third kappa shape index (κ3) is 1.33. The first-order valence-corrected chi connectivity index (χ1v) is 4.56. The molecule has 70 valence electrons. The SMILES string of the molecule is CCC(C#N)c1nc2ccccn2n1. The van der Waals surface area contributed by atoms with Gasteiger partial charge >= 0.3 is 0 Å². The Balaban J connectivity index is 2.50.